The van der Waals surface area contributed by atoms with Crippen LogP contribution >= 0.6 is 24.0 Å². The van der Waals surface area contributed by atoms with Gasteiger partial charge in [-0.1, -0.05) is 0 Å². The molecule has 0 heterocycles. The zero-order valence-corrected chi connectivity index (χ0v) is 5.82. The molecule has 27 valence electrons. The fraction of sp³-hybridized carbons (Fsp3) is 0. The molecule has 0 aliphatic rings. The summed E-state index contributed by atoms with van der Waals surface area (Å²) < 4.78 is 0. The van der Waals surface area contributed by atoms with Crippen molar-refractivity contribution < 1.29 is 24.3 Å². The molecule has 0 unspecified atom stereocenters. The minimum Gasteiger partial charge on any atom is -0.545 e. The van der Waals surface area contributed by atoms with Crippen LogP contribution in [0.4, 0.5) is 0 Å². The first-order valence-electron chi connectivity index (χ1n) is 0.236. The van der Waals surface area contributed by atoms with Gasteiger partial charge in [0.05, 0.1) is 0 Å². The predicted octanol–water partition coefficient (Wildman–Crippen LogP) is 0.341. The molecule has 0 aliphatic carbocycles. The zero-order chi connectivity index (χ0) is 2.00. The standard InChI is InChI=1S/CHO.HI.Ru/c1-2;;/h1H;1H;/q-1;;+1. The fourth-order valence-corrected chi connectivity index (χ4v) is 0. The Balaban J connectivity index is -0.00000000500. The van der Waals surface area contributed by atoms with Crippen LogP contribution in [-0.2, 0) is 24.3 Å². The van der Waals surface area contributed by atoms with Crippen molar-refractivity contribution in [3.8, 4) is 0 Å². The molecule has 0 amide bonds. The summed E-state index contributed by atoms with van der Waals surface area (Å²) in [6.07, 6.45) is 0. The third kappa shape index (κ3) is 11.8. The largest absolute Gasteiger partial charge is 1.00 e. The van der Waals surface area contributed by atoms with Gasteiger partial charge in [-0.25, -0.2) is 0 Å². The molecule has 0 saturated heterocycles. The van der Waals surface area contributed by atoms with Crippen LogP contribution in [0.3, 0.4) is 0 Å². The van der Waals surface area contributed by atoms with E-state index in [1.807, 2.05) is 0 Å². The molecule has 0 aromatic heterocycles. The zero-order valence-electron chi connectivity index (χ0n) is 1.75. The molecule has 0 aliphatic heterocycles. The summed E-state index contributed by atoms with van der Waals surface area (Å²) in [5, 5.41) is 0. The maximum Gasteiger partial charge on any atom is 1.00 e. The van der Waals surface area contributed by atoms with Crippen molar-refractivity contribution in [2.45, 2.75) is 0 Å². The van der Waals surface area contributed by atoms with Crippen molar-refractivity contribution in [1.82, 2.24) is 0 Å². The van der Waals surface area contributed by atoms with E-state index in [1.54, 1.807) is 0 Å². The Morgan fingerprint density at radius 3 is 1.25 bits per heavy atom. The van der Waals surface area contributed by atoms with Crippen LogP contribution in [0.25, 0.3) is 0 Å². The molecular weight excluding hydrogens is 256 g/mol. The van der Waals surface area contributed by atoms with Gasteiger partial charge in [0.2, 0.25) is 0 Å². The summed E-state index contributed by atoms with van der Waals surface area (Å²) in [4.78, 5) is 7.75. The second-order valence-electron chi connectivity index (χ2n) is 0. The van der Waals surface area contributed by atoms with Crippen molar-refractivity contribution in [3.05, 3.63) is 0 Å². The van der Waals surface area contributed by atoms with Crippen molar-refractivity contribution in [3.63, 3.8) is 0 Å². The molecule has 0 rings (SSSR count). The predicted molar refractivity (Wildman–Crippen MR) is 22.2 cm³/mol. The Kier molecular flexibility index (Phi) is 174. The molecular formula is CH2IORu. The molecule has 0 fully saturated rings. The van der Waals surface area contributed by atoms with Crippen LogP contribution in [0.5, 0.6) is 0 Å². The van der Waals surface area contributed by atoms with E-state index < -0.39 is 0 Å². The van der Waals surface area contributed by atoms with Crippen molar-refractivity contribution in [2.75, 3.05) is 0 Å². The smallest absolute Gasteiger partial charge is 0.545 e. The Hall–Kier alpha value is 1.02. The van der Waals surface area contributed by atoms with E-state index in [-0.39, 0.29) is 43.5 Å². The van der Waals surface area contributed by atoms with E-state index in [2.05, 4.69) is 6.79 Å². The van der Waals surface area contributed by atoms with Gasteiger partial charge in [-0.15, -0.1) is 24.0 Å². The topological polar surface area (TPSA) is 17.1 Å². The third-order valence-electron chi connectivity index (χ3n) is 0. The molecule has 0 spiro atoms. The second-order valence-corrected chi connectivity index (χ2v) is 0. The van der Waals surface area contributed by atoms with Crippen LogP contribution in [0.1, 0.15) is 0 Å². The van der Waals surface area contributed by atoms with Crippen LogP contribution in [0, 0.1) is 0 Å². The van der Waals surface area contributed by atoms with Gasteiger partial charge in [-0.3, -0.25) is 6.79 Å². The third-order valence-corrected chi connectivity index (χ3v) is 0. The van der Waals surface area contributed by atoms with Crippen molar-refractivity contribution in [1.29, 1.82) is 0 Å². The van der Waals surface area contributed by atoms with Gasteiger partial charge in [0, 0.05) is 0 Å². The van der Waals surface area contributed by atoms with E-state index in [1.165, 1.54) is 0 Å². The second kappa shape index (κ2) is 35.1. The minimum absolute atomic E-state index is 0. The Labute approximate surface area is 54.9 Å². The van der Waals surface area contributed by atoms with Gasteiger partial charge < -0.3 is 4.79 Å². The SMILES string of the molecule is I.[CH-]=O.[Ru+]. The average molecular weight is 258 g/mol. The van der Waals surface area contributed by atoms with Crippen molar-refractivity contribution in [2.24, 2.45) is 0 Å². The van der Waals surface area contributed by atoms with Crippen LogP contribution in [0.15, 0.2) is 0 Å². The van der Waals surface area contributed by atoms with Gasteiger partial charge in [-0.05, 0) is 0 Å². The summed E-state index contributed by atoms with van der Waals surface area (Å²) in [5.41, 5.74) is 0. The molecule has 0 aromatic rings. The molecule has 1 nitrogen and oxygen atoms in total. The Bertz CT molecular complexity index is 8.00. The number of carbonyl (C=O) groups excluding carboxylic acids is 1. The van der Waals surface area contributed by atoms with Gasteiger partial charge >= 0.3 is 19.5 Å². The van der Waals surface area contributed by atoms with E-state index in [0.29, 0.717) is 0 Å². The molecule has 0 aromatic carbocycles. The van der Waals surface area contributed by atoms with Gasteiger partial charge in [-0.2, -0.15) is 0 Å². The first-order valence-corrected chi connectivity index (χ1v) is 0.236. The first-order chi connectivity index (χ1) is 1.00. The molecule has 0 atom stereocenters. The number of hydrogen-bond donors (Lipinski definition) is 0. The maximum atomic E-state index is 7.75. The molecule has 4 heavy (non-hydrogen) atoms. The van der Waals surface area contributed by atoms with Crippen LogP contribution < -0.4 is 0 Å². The van der Waals surface area contributed by atoms with E-state index in [0.717, 1.165) is 0 Å². The normalized spacial score (nSPS) is 1.00. The molecule has 3 heteroatoms. The van der Waals surface area contributed by atoms with Gasteiger partial charge in [0.25, 0.3) is 0 Å². The average Bonchev–Trinajstić information content (AvgIpc) is 1.00. The maximum absolute atomic E-state index is 7.75. The molecule has 0 bridgehead atoms. The quantitative estimate of drug-likeness (QED) is 0.265. The summed E-state index contributed by atoms with van der Waals surface area (Å²) in [6, 6.07) is 0. The van der Waals surface area contributed by atoms with Crippen molar-refractivity contribution >= 4 is 30.8 Å². The number of rotatable bonds is 0. The first kappa shape index (κ1) is 19.9. The monoisotopic (exact) mass is 259 g/mol. The van der Waals surface area contributed by atoms with E-state index >= 15 is 0 Å². The minimum atomic E-state index is 0. The molecule has 1 radical (unpaired) electrons. The van der Waals surface area contributed by atoms with E-state index in [4.69, 9.17) is 4.79 Å². The van der Waals surface area contributed by atoms with E-state index in [9.17, 15) is 0 Å². The molecule has 0 saturated carbocycles. The number of halogens is 1. The molecule has 0 N–H and O–H groups in total. The Morgan fingerprint density at radius 2 is 1.25 bits per heavy atom. The van der Waals surface area contributed by atoms with Crippen LogP contribution in [-0.4, -0.2) is 6.79 Å². The number of hydrogen-bond acceptors (Lipinski definition) is 1. The summed E-state index contributed by atoms with van der Waals surface area (Å²) in [6.45, 7) is 3.25. The Morgan fingerprint density at radius 1 is 1.25 bits per heavy atom. The summed E-state index contributed by atoms with van der Waals surface area (Å²) in [5.74, 6) is 0. The summed E-state index contributed by atoms with van der Waals surface area (Å²) in [7, 11) is 0. The van der Waals surface area contributed by atoms with Gasteiger partial charge in [0.15, 0.2) is 0 Å². The van der Waals surface area contributed by atoms with Gasteiger partial charge in [0.1, 0.15) is 0 Å². The van der Waals surface area contributed by atoms with Crippen LogP contribution in [0.2, 0.25) is 0 Å². The summed E-state index contributed by atoms with van der Waals surface area (Å²) >= 11 is 0. The fourth-order valence-electron chi connectivity index (χ4n) is 0.